The first-order valence-electron chi connectivity index (χ1n) is 9.28. The van der Waals surface area contributed by atoms with Crippen LogP contribution in [-0.2, 0) is 4.79 Å². The highest BCUT2D eigenvalue weighted by Crippen LogP contribution is 2.22. The van der Waals surface area contributed by atoms with Gasteiger partial charge in [0.05, 0.1) is 5.69 Å². The normalized spacial score (nSPS) is 21.7. The molecule has 2 fully saturated rings. The Bertz CT molecular complexity index is 661. The summed E-state index contributed by atoms with van der Waals surface area (Å²) in [4.78, 5) is 29.7. The van der Waals surface area contributed by atoms with E-state index in [1.165, 1.54) is 6.07 Å². The minimum atomic E-state index is -0.227. The Morgan fingerprint density at radius 1 is 1.12 bits per heavy atom. The minimum absolute atomic E-state index is 0.000615. The highest BCUT2D eigenvalue weighted by molar-refractivity contribution is 5.76. The van der Waals surface area contributed by atoms with Gasteiger partial charge in [-0.1, -0.05) is 12.1 Å². The number of rotatable bonds is 2. The van der Waals surface area contributed by atoms with Crippen molar-refractivity contribution in [1.29, 1.82) is 0 Å². The Morgan fingerprint density at radius 2 is 1.81 bits per heavy atom. The lowest BCUT2D eigenvalue weighted by atomic mass is 10.1. The number of amides is 3. The van der Waals surface area contributed by atoms with E-state index < -0.39 is 0 Å². The maximum atomic E-state index is 14.0. The summed E-state index contributed by atoms with van der Waals surface area (Å²) in [7, 11) is 0. The van der Waals surface area contributed by atoms with Crippen molar-refractivity contribution in [2.75, 3.05) is 37.6 Å². The smallest absolute Gasteiger partial charge is 0.317 e. The predicted octanol–water partition coefficient (Wildman–Crippen LogP) is 2.06. The van der Waals surface area contributed by atoms with E-state index in [2.05, 4.69) is 5.32 Å². The number of hydrogen-bond donors (Lipinski definition) is 1. The third kappa shape index (κ3) is 4.08. The number of piperidine rings is 1. The van der Waals surface area contributed by atoms with E-state index >= 15 is 0 Å². The second kappa shape index (κ2) is 7.93. The molecule has 1 aromatic carbocycles. The summed E-state index contributed by atoms with van der Waals surface area (Å²) in [5.41, 5.74) is 0.594. The van der Waals surface area contributed by atoms with Gasteiger partial charge in [-0.15, -0.1) is 0 Å². The fourth-order valence-electron chi connectivity index (χ4n) is 3.78. The maximum Gasteiger partial charge on any atom is 0.317 e. The molecule has 26 heavy (non-hydrogen) atoms. The number of carbonyl (C=O) groups is 2. The standard InChI is InChI=1S/C19H27FN4O2/c1-14-13-23(18-6-4-3-5-17(18)20)11-12-24(14)19(26)21-16-7-9-22(10-8-16)15(2)25/h3-6,14,16H,7-13H2,1-2H3,(H,21,26)/t14-/m1/s1. The summed E-state index contributed by atoms with van der Waals surface area (Å²) in [5, 5.41) is 3.10. The number of nitrogens with one attached hydrogen (secondary N) is 1. The average molecular weight is 362 g/mol. The zero-order valence-corrected chi connectivity index (χ0v) is 15.4. The van der Waals surface area contributed by atoms with Gasteiger partial charge in [0.15, 0.2) is 0 Å². The number of carbonyl (C=O) groups excluding carboxylic acids is 2. The molecule has 0 bridgehead atoms. The first-order valence-corrected chi connectivity index (χ1v) is 9.28. The number of urea groups is 1. The van der Waals surface area contributed by atoms with Crippen molar-refractivity contribution in [2.45, 2.75) is 38.8 Å². The first kappa shape index (κ1) is 18.5. The average Bonchev–Trinajstić information content (AvgIpc) is 2.62. The summed E-state index contributed by atoms with van der Waals surface area (Å²) in [6.07, 6.45) is 1.57. The molecule has 0 unspecified atom stereocenters. The Kier molecular flexibility index (Phi) is 5.64. The van der Waals surface area contributed by atoms with Crippen LogP contribution in [0.2, 0.25) is 0 Å². The van der Waals surface area contributed by atoms with Crippen LogP contribution < -0.4 is 10.2 Å². The summed E-state index contributed by atoms with van der Waals surface area (Å²) in [5.74, 6) is -0.137. The van der Waals surface area contributed by atoms with Gasteiger partial charge in [0.25, 0.3) is 0 Å². The topological polar surface area (TPSA) is 55.9 Å². The molecule has 2 heterocycles. The molecule has 2 aliphatic rings. The van der Waals surface area contributed by atoms with Gasteiger partial charge in [0.1, 0.15) is 5.82 Å². The van der Waals surface area contributed by atoms with Crippen LogP contribution in [0.5, 0.6) is 0 Å². The molecule has 0 saturated carbocycles. The largest absolute Gasteiger partial charge is 0.365 e. The number of nitrogens with zero attached hydrogens (tertiary/aromatic N) is 3. The lowest BCUT2D eigenvalue weighted by molar-refractivity contribution is -0.129. The van der Waals surface area contributed by atoms with Gasteiger partial charge < -0.3 is 20.0 Å². The number of hydrogen-bond acceptors (Lipinski definition) is 3. The molecule has 0 aliphatic carbocycles. The fourth-order valence-corrected chi connectivity index (χ4v) is 3.78. The Labute approximate surface area is 153 Å². The van der Waals surface area contributed by atoms with Gasteiger partial charge in [-0.25, -0.2) is 9.18 Å². The van der Waals surface area contributed by atoms with Crippen molar-refractivity contribution in [3.63, 3.8) is 0 Å². The molecule has 7 heteroatoms. The monoisotopic (exact) mass is 362 g/mol. The molecule has 0 aromatic heterocycles. The molecule has 2 aliphatic heterocycles. The van der Waals surface area contributed by atoms with Crippen molar-refractivity contribution in [3.8, 4) is 0 Å². The molecule has 142 valence electrons. The number of likely N-dealkylation sites (tertiary alicyclic amines) is 1. The number of anilines is 1. The van der Waals surface area contributed by atoms with Gasteiger partial charge in [0.2, 0.25) is 5.91 Å². The summed E-state index contributed by atoms with van der Waals surface area (Å²) < 4.78 is 14.0. The van der Waals surface area contributed by atoms with Crippen molar-refractivity contribution in [2.24, 2.45) is 0 Å². The van der Waals surface area contributed by atoms with Crippen LogP contribution in [0.3, 0.4) is 0 Å². The summed E-state index contributed by atoms with van der Waals surface area (Å²) in [6, 6.07) is 6.80. The molecule has 1 atom stereocenters. The molecular weight excluding hydrogens is 335 g/mol. The number of para-hydroxylation sites is 1. The molecule has 2 saturated heterocycles. The number of benzene rings is 1. The second-order valence-electron chi connectivity index (χ2n) is 7.17. The molecule has 3 rings (SSSR count). The lowest BCUT2D eigenvalue weighted by Gasteiger charge is -2.42. The molecule has 1 N–H and O–H groups in total. The van der Waals surface area contributed by atoms with Gasteiger partial charge >= 0.3 is 6.03 Å². The third-order valence-corrected chi connectivity index (χ3v) is 5.35. The van der Waals surface area contributed by atoms with Crippen LogP contribution in [0, 0.1) is 5.82 Å². The van der Waals surface area contributed by atoms with Crippen LogP contribution in [0.25, 0.3) is 0 Å². The maximum absolute atomic E-state index is 14.0. The predicted molar refractivity (Wildman–Crippen MR) is 98.6 cm³/mol. The highest BCUT2D eigenvalue weighted by atomic mass is 19.1. The van der Waals surface area contributed by atoms with E-state index in [-0.39, 0.29) is 29.8 Å². The molecular formula is C19H27FN4O2. The van der Waals surface area contributed by atoms with E-state index in [0.717, 1.165) is 12.8 Å². The van der Waals surface area contributed by atoms with Crippen LogP contribution in [0.4, 0.5) is 14.9 Å². The summed E-state index contributed by atoms with van der Waals surface area (Å²) >= 11 is 0. The molecule has 3 amide bonds. The van der Waals surface area contributed by atoms with Crippen LogP contribution in [0.15, 0.2) is 24.3 Å². The lowest BCUT2D eigenvalue weighted by Crippen LogP contribution is -2.58. The Morgan fingerprint density at radius 3 is 2.42 bits per heavy atom. The van der Waals surface area contributed by atoms with Crippen molar-refractivity contribution < 1.29 is 14.0 Å². The van der Waals surface area contributed by atoms with Crippen molar-refractivity contribution >= 4 is 17.6 Å². The van der Waals surface area contributed by atoms with Crippen LogP contribution >= 0.6 is 0 Å². The number of halogens is 1. The highest BCUT2D eigenvalue weighted by Gasteiger charge is 2.30. The van der Waals surface area contributed by atoms with Gasteiger partial charge in [-0.05, 0) is 31.9 Å². The quantitative estimate of drug-likeness (QED) is 0.876. The fraction of sp³-hybridized carbons (Fsp3) is 0.579. The Hall–Kier alpha value is -2.31. The number of piperazine rings is 1. The first-order chi connectivity index (χ1) is 12.5. The third-order valence-electron chi connectivity index (χ3n) is 5.35. The molecule has 0 spiro atoms. The zero-order chi connectivity index (χ0) is 18.7. The molecule has 1 aromatic rings. The second-order valence-corrected chi connectivity index (χ2v) is 7.17. The van der Waals surface area contributed by atoms with Gasteiger partial charge in [-0.2, -0.15) is 0 Å². The van der Waals surface area contributed by atoms with E-state index in [9.17, 15) is 14.0 Å². The van der Waals surface area contributed by atoms with E-state index in [1.54, 1.807) is 19.1 Å². The van der Waals surface area contributed by atoms with Crippen LogP contribution in [-0.4, -0.2) is 66.5 Å². The van der Waals surface area contributed by atoms with Gasteiger partial charge in [0, 0.05) is 51.7 Å². The SMILES string of the molecule is CC(=O)N1CCC(NC(=O)N2CCN(c3ccccc3F)C[C@H]2C)CC1. The molecule has 0 radical (unpaired) electrons. The minimum Gasteiger partial charge on any atom is -0.365 e. The Balaban J connectivity index is 1.52. The van der Waals surface area contributed by atoms with Crippen molar-refractivity contribution in [3.05, 3.63) is 30.1 Å². The van der Waals surface area contributed by atoms with Crippen LogP contribution in [0.1, 0.15) is 26.7 Å². The zero-order valence-electron chi connectivity index (χ0n) is 15.4. The molecule has 6 nitrogen and oxygen atoms in total. The van der Waals surface area contributed by atoms with Gasteiger partial charge in [-0.3, -0.25) is 4.79 Å². The van der Waals surface area contributed by atoms with E-state index in [4.69, 9.17) is 0 Å². The van der Waals surface area contributed by atoms with E-state index in [1.807, 2.05) is 27.7 Å². The van der Waals surface area contributed by atoms with E-state index in [0.29, 0.717) is 38.4 Å². The summed E-state index contributed by atoms with van der Waals surface area (Å²) in [6.45, 7) is 6.74. The van der Waals surface area contributed by atoms with Crippen molar-refractivity contribution in [1.82, 2.24) is 15.1 Å².